The van der Waals surface area contributed by atoms with Gasteiger partial charge in [0.25, 0.3) is 0 Å². The van der Waals surface area contributed by atoms with Crippen LogP contribution in [-0.2, 0) is 27.2 Å². The topological polar surface area (TPSA) is 92.7 Å². The predicted octanol–water partition coefficient (Wildman–Crippen LogP) is 3.66. The van der Waals surface area contributed by atoms with Crippen LogP contribution >= 0.6 is 11.3 Å². The summed E-state index contributed by atoms with van der Waals surface area (Å²) in [5.41, 5.74) is 1.43. The zero-order valence-electron chi connectivity index (χ0n) is 15.6. The molecule has 1 amide bonds. The second kappa shape index (κ2) is 8.25. The van der Waals surface area contributed by atoms with Gasteiger partial charge in [-0.05, 0) is 50.5 Å². The minimum Gasteiger partial charge on any atom is -0.481 e. The maximum atomic E-state index is 12.8. The van der Waals surface area contributed by atoms with Crippen molar-refractivity contribution in [1.29, 1.82) is 0 Å². The number of carbonyl (C=O) groups excluding carboxylic acids is 2. The number of esters is 1. The third-order valence-corrected chi connectivity index (χ3v) is 6.48. The molecular weight excluding hydrogens is 366 g/mol. The lowest BCUT2D eigenvalue weighted by atomic mass is 9.82. The molecule has 3 atom stereocenters. The van der Waals surface area contributed by atoms with Gasteiger partial charge in [-0.3, -0.25) is 9.59 Å². The van der Waals surface area contributed by atoms with E-state index in [9.17, 15) is 19.5 Å². The minimum absolute atomic E-state index is 0.266. The van der Waals surface area contributed by atoms with Crippen LogP contribution < -0.4 is 5.32 Å². The van der Waals surface area contributed by atoms with Crippen molar-refractivity contribution in [2.75, 3.05) is 11.9 Å². The van der Waals surface area contributed by atoms with E-state index in [-0.39, 0.29) is 12.5 Å². The maximum absolute atomic E-state index is 12.8. The molecule has 6 nitrogen and oxygen atoms in total. The van der Waals surface area contributed by atoms with E-state index in [1.54, 1.807) is 13.0 Å². The first kappa shape index (κ1) is 19.6. The van der Waals surface area contributed by atoms with Gasteiger partial charge in [0.2, 0.25) is 5.91 Å². The highest BCUT2D eigenvalue weighted by atomic mass is 32.1. The Morgan fingerprint density at radius 3 is 2.63 bits per heavy atom. The van der Waals surface area contributed by atoms with E-state index >= 15 is 0 Å². The minimum atomic E-state index is -0.968. The Balaban J connectivity index is 1.89. The first-order valence-electron chi connectivity index (χ1n) is 9.42. The monoisotopic (exact) mass is 391 g/mol. The number of aliphatic carboxylic acids is 1. The van der Waals surface area contributed by atoms with E-state index in [0.29, 0.717) is 29.3 Å². The molecule has 0 spiro atoms. The molecule has 1 aromatic heterocycles. The number of carboxylic acid groups (broad SMARTS) is 1. The average molecular weight is 391 g/mol. The summed E-state index contributed by atoms with van der Waals surface area (Å²) in [5, 5.41) is 12.8. The highest BCUT2D eigenvalue weighted by Crippen LogP contribution is 2.40. The van der Waals surface area contributed by atoms with E-state index in [2.05, 4.69) is 12.2 Å². The number of hydrogen-bond acceptors (Lipinski definition) is 5. The quantitative estimate of drug-likeness (QED) is 0.590. The summed E-state index contributed by atoms with van der Waals surface area (Å²) >= 11 is 1.42. The van der Waals surface area contributed by atoms with Crippen LogP contribution in [-0.4, -0.2) is 29.6 Å². The zero-order valence-corrected chi connectivity index (χ0v) is 16.4. The van der Waals surface area contributed by atoms with Gasteiger partial charge in [-0.1, -0.05) is 19.1 Å². The molecule has 7 heteroatoms. The molecule has 1 heterocycles. The lowest BCUT2D eigenvalue weighted by molar-refractivity contribution is -0.146. The average Bonchev–Trinajstić information content (AvgIpc) is 2.98. The molecule has 0 saturated carbocycles. The molecule has 1 aromatic rings. The summed E-state index contributed by atoms with van der Waals surface area (Å²) < 4.78 is 5.22. The third kappa shape index (κ3) is 4.08. The highest BCUT2D eigenvalue weighted by molar-refractivity contribution is 7.17. The number of carbonyl (C=O) groups is 3. The van der Waals surface area contributed by atoms with Crippen molar-refractivity contribution >= 4 is 34.2 Å². The second-order valence-electron chi connectivity index (χ2n) is 7.26. The van der Waals surface area contributed by atoms with Gasteiger partial charge >= 0.3 is 11.9 Å². The first-order chi connectivity index (χ1) is 12.9. The number of allylic oxidation sites excluding steroid dienone is 2. The Bertz CT molecular complexity index is 782. The number of thiophene rings is 1. The van der Waals surface area contributed by atoms with Crippen LogP contribution in [0.4, 0.5) is 5.00 Å². The Labute approximate surface area is 162 Å². The third-order valence-electron chi connectivity index (χ3n) is 5.31. The molecule has 0 fully saturated rings. The SMILES string of the molecule is CCOC(=O)c1c(NC(=O)[C@@H]2CC=CC[C@@H]2C(=O)O)sc2c1CC[C@H](C)C2. The van der Waals surface area contributed by atoms with Gasteiger partial charge in [-0.2, -0.15) is 0 Å². The van der Waals surface area contributed by atoms with Crippen LogP contribution in [0.15, 0.2) is 12.2 Å². The molecule has 3 rings (SSSR count). The molecule has 2 aliphatic carbocycles. The zero-order chi connectivity index (χ0) is 19.6. The fourth-order valence-electron chi connectivity index (χ4n) is 3.84. The molecule has 2 N–H and O–H groups in total. The number of nitrogens with one attached hydrogen (secondary N) is 1. The molecule has 146 valence electrons. The van der Waals surface area contributed by atoms with Gasteiger partial charge < -0.3 is 15.2 Å². The summed E-state index contributed by atoms with van der Waals surface area (Å²) in [5.74, 6) is -2.57. The standard InChI is InChI=1S/C20H25NO5S/c1-3-26-20(25)16-14-9-8-11(2)10-15(14)27-18(16)21-17(22)12-6-4-5-7-13(12)19(23)24/h4-5,11-13H,3,6-10H2,1-2H3,(H,21,22)(H,23,24)/t11-,12+,13-/m0/s1. The largest absolute Gasteiger partial charge is 0.481 e. The summed E-state index contributed by atoms with van der Waals surface area (Å²) in [4.78, 5) is 38.0. The van der Waals surface area contributed by atoms with Gasteiger partial charge in [-0.15, -0.1) is 11.3 Å². The van der Waals surface area contributed by atoms with Crippen molar-refractivity contribution in [2.45, 2.75) is 46.0 Å². The van der Waals surface area contributed by atoms with Crippen molar-refractivity contribution < 1.29 is 24.2 Å². The van der Waals surface area contributed by atoms with Crippen molar-refractivity contribution in [3.05, 3.63) is 28.2 Å². The fraction of sp³-hybridized carbons (Fsp3) is 0.550. The van der Waals surface area contributed by atoms with Gasteiger partial charge in [0.1, 0.15) is 5.00 Å². The Morgan fingerprint density at radius 1 is 1.26 bits per heavy atom. The molecule has 2 aliphatic rings. The van der Waals surface area contributed by atoms with Crippen molar-refractivity contribution in [2.24, 2.45) is 17.8 Å². The lowest BCUT2D eigenvalue weighted by Crippen LogP contribution is -2.34. The number of anilines is 1. The second-order valence-corrected chi connectivity index (χ2v) is 8.36. The Morgan fingerprint density at radius 2 is 1.96 bits per heavy atom. The van der Waals surface area contributed by atoms with E-state index in [1.165, 1.54) is 11.3 Å². The van der Waals surface area contributed by atoms with E-state index < -0.39 is 23.8 Å². The van der Waals surface area contributed by atoms with E-state index in [0.717, 1.165) is 29.7 Å². The number of amides is 1. The van der Waals surface area contributed by atoms with Crippen molar-refractivity contribution in [3.8, 4) is 0 Å². The van der Waals surface area contributed by atoms with Crippen LogP contribution in [0.3, 0.4) is 0 Å². The van der Waals surface area contributed by atoms with Crippen LogP contribution in [0.25, 0.3) is 0 Å². The molecule has 0 saturated heterocycles. The summed E-state index contributed by atoms with van der Waals surface area (Å²) in [6.07, 6.45) is 7.05. The number of fused-ring (bicyclic) bond motifs is 1. The molecule has 0 bridgehead atoms. The summed E-state index contributed by atoms with van der Waals surface area (Å²) in [6, 6.07) is 0. The Hall–Kier alpha value is -2.15. The first-order valence-corrected chi connectivity index (χ1v) is 10.2. The number of ether oxygens (including phenoxy) is 1. The van der Waals surface area contributed by atoms with Gasteiger partial charge in [-0.25, -0.2) is 4.79 Å². The van der Waals surface area contributed by atoms with Crippen LogP contribution in [0.5, 0.6) is 0 Å². The number of carboxylic acids is 1. The fourth-order valence-corrected chi connectivity index (χ4v) is 5.24. The predicted molar refractivity (Wildman–Crippen MR) is 103 cm³/mol. The normalized spacial score (nSPS) is 24.1. The lowest BCUT2D eigenvalue weighted by Gasteiger charge is -2.24. The molecule has 0 unspecified atom stereocenters. The van der Waals surface area contributed by atoms with Crippen LogP contribution in [0, 0.1) is 17.8 Å². The smallest absolute Gasteiger partial charge is 0.341 e. The molecule has 0 radical (unpaired) electrons. The molecular formula is C20H25NO5S. The molecule has 27 heavy (non-hydrogen) atoms. The molecule has 0 aliphatic heterocycles. The maximum Gasteiger partial charge on any atom is 0.341 e. The highest BCUT2D eigenvalue weighted by Gasteiger charge is 2.36. The van der Waals surface area contributed by atoms with E-state index in [1.807, 2.05) is 6.08 Å². The van der Waals surface area contributed by atoms with Crippen LogP contribution in [0.2, 0.25) is 0 Å². The summed E-state index contributed by atoms with van der Waals surface area (Å²) in [6.45, 7) is 4.20. The van der Waals surface area contributed by atoms with Gasteiger partial charge in [0.05, 0.1) is 24.0 Å². The van der Waals surface area contributed by atoms with Crippen molar-refractivity contribution in [1.82, 2.24) is 0 Å². The van der Waals surface area contributed by atoms with Gasteiger partial charge in [0, 0.05) is 4.88 Å². The van der Waals surface area contributed by atoms with Gasteiger partial charge in [0.15, 0.2) is 0 Å². The van der Waals surface area contributed by atoms with E-state index in [4.69, 9.17) is 4.74 Å². The number of hydrogen-bond donors (Lipinski definition) is 2. The number of rotatable bonds is 5. The molecule has 0 aromatic carbocycles. The van der Waals surface area contributed by atoms with Crippen LogP contribution in [0.1, 0.15) is 53.9 Å². The summed E-state index contributed by atoms with van der Waals surface area (Å²) in [7, 11) is 0. The van der Waals surface area contributed by atoms with Crippen molar-refractivity contribution in [3.63, 3.8) is 0 Å². The Kier molecular flexibility index (Phi) is 5.99.